The van der Waals surface area contributed by atoms with Gasteiger partial charge in [-0.05, 0) is 5.57 Å². The first-order valence-corrected chi connectivity index (χ1v) is 6.85. The van der Waals surface area contributed by atoms with Crippen molar-refractivity contribution in [2.45, 2.75) is 11.4 Å². The highest BCUT2D eigenvalue weighted by Crippen LogP contribution is 2.39. The highest BCUT2D eigenvalue weighted by atomic mass is 32.2. The highest BCUT2D eigenvalue weighted by Gasteiger charge is 2.51. The van der Waals surface area contributed by atoms with Gasteiger partial charge >= 0.3 is 12.0 Å². The van der Waals surface area contributed by atoms with Crippen molar-refractivity contribution in [3.63, 3.8) is 0 Å². The van der Waals surface area contributed by atoms with Gasteiger partial charge in [-0.2, -0.15) is 0 Å². The highest BCUT2D eigenvalue weighted by molar-refractivity contribution is 8.00. The molecule has 0 aromatic heterocycles. The van der Waals surface area contributed by atoms with Crippen molar-refractivity contribution in [2.75, 3.05) is 12.3 Å². The Hall–Kier alpha value is -2.00. The SMILES string of the molecule is NC(=O)NC/C=C\C1=C(C(=O)O)N2C(=O)[C@@H](N)[C@H]2SC1. The molecule has 1 saturated heterocycles. The fraction of sp³-hybridized carbons (Fsp3) is 0.364. The van der Waals surface area contributed by atoms with Crippen LogP contribution in [0.15, 0.2) is 23.4 Å². The number of nitrogens with one attached hydrogen (secondary N) is 1. The number of hydrogen-bond acceptors (Lipinski definition) is 5. The van der Waals surface area contributed by atoms with Gasteiger partial charge in [-0.1, -0.05) is 12.2 Å². The van der Waals surface area contributed by atoms with E-state index in [0.29, 0.717) is 11.3 Å². The van der Waals surface area contributed by atoms with Crippen molar-refractivity contribution in [3.8, 4) is 0 Å². The molecule has 8 nitrogen and oxygen atoms in total. The van der Waals surface area contributed by atoms with E-state index >= 15 is 0 Å². The molecule has 0 unspecified atom stereocenters. The zero-order valence-corrected chi connectivity index (χ0v) is 11.2. The summed E-state index contributed by atoms with van der Waals surface area (Å²) in [7, 11) is 0. The number of carboxylic acids is 1. The third-order valence-corrected chi connectivity index (χ3v) is 4.28. The number of primary amides is 1. The molecule has 2 rings (SSSR count). The summed E-state index contributed by atoms with van der Waals surface area (Å²) in [6, 6.07) is -1.31. The molecule has 6 N–H and O–H groups in total. The largest absolute Gasteiger partial charge is 0.477 e. The number of β-lactam (4-membered cyclic amide) rings is 1. The lowest BCUT2D eigenvalue weighted by atomic mass is 10.0. The van der Waals surface area contributed by atoms with Crippen LogP contribution >= 0.6 is 11.8 Å². The second-order valence-electron chi connectivity index (χ2n) is 4.26. The maximum Gasteiger partial charge on any atom is 0.352 e. The minimum atomic E-state index is -1.17. The van der Waals surface area contributed by atoms with Crippen LogP contribution in [0.25, 0.3) is 0 Å². The summed E-state index contributed by atoms with van der Waals surface area (Å²) < 4.78 is 0. The van der Waals surface area contributed by atoms with Gasteiger partial charge < -0.3 is 21.9 Å². The number of nitrogens with two attached hydrogens (primary N) is 2. The van der Waals surface area contributed by atoms with Gasteiger partial charge in [0.25, 0.3) is 0 Å². The quantitative estimate of drug-likeness (QED) is 0.480. The molecule has 0 spiro atoms. The number of carbonyl (C=O) groups is 3. The molecule has 1 fully saturated rings. The molecule has 0 saturated carbocycles. The van der Waals surface area contributed by atoms with Crippen LogP contribution in [0.1, 0.15) is 0 Å². The van der Waals surface area contributed by atoms with Gasteiger partial charge in [0.2, 0.25) is 5.91 Å². The summed E-state index contributed by atoms with van der Waals surface area (Å²) in [5.74, 6) is -1.12. The zero-order valence-electron chi connectivity index (χ0n) is 10.4. The number of thioether (sulfide) groups is 1. The Bertz CT molecular complexity index is 531. The van der Waals surface area contributed by atoms with Gasteiger partial charge in [0, 0.05) is 12.3 Å². The smallest absolute Gasteiger partial charge is 0.352 e. The summed E-state index contributed by atoms with van der Waals surface area (Å²) in [5.41, 5.74) is 11.0. The Labute approximate surface area is 118 Å². The average Bonchev–Trinajstić information content (AvgIpc) is 2.41. The summed E-state index contributed by atoms with van der Waals surface area (Å²) in [4.78, 5) is 34.7. The standard InChI is InChI=1S/C11H14N4O4S/c12-6-8(16)15-7(10(17)18)5(4-20-9(6)15)2-1-3-14-11(13)19/h1-2,6,9H,3-4,12H2,(H,17,18)(H3,13,14,19)/b2-1-/t6-,9-/m1/s1. The first-order valence-electron chi connectivity index (χ1n) is 5.80. The molecule has 2 aliphatic rings. The van der Waals surface area contributed by atoms with Crippen LogP contribution in [-0.4, -0.2) is 51.6 Å². The second kappa shape index (κ2) is 5.55. The van der Waals surface area contributed by atoms with Crippen molar-refractivity contribution in [3.05, 3.63) is 23.4 Å². The predicted molar refractivity (Wildman–Crippen MR) is 72.5 cm³/mol. The maximum absolute atomic E-state index is 11.7. The number of fused-ring (bicyclic) bond motifs is 1. The van der Waals surface area contributed by atoms with Crippen molar-refractivity contribution in [1.82, 2.24) is 10.2 Å². The van der Waals surface area contributed by atoms with Gasteiger partial charge in [0.15, 0.2) is 0 Å². The maximum atomic E-state index is 11.7. The Kier molecular flexibility index (Phi) is 4.00. The molecule has 9 heteroatoms. The minimum absolute atomic E-state index is 0.0456. The van der Waals surface area contributed by atoms with E-state index < -0.39 is 18.0 Å². The molecule has 0 aromatic carbocycles. The zero-order chi connectivity index (χ0) is 14.9. The number of carbonyl (C=O) groups excluding carboxylic acids is 2. The summed E-state index contributed by atoms with van der Waals surface area (Å²) >= 11 is 1.41. The topological polar surface area (TPSA) is 139 Å². The van der Waals surface area contributed by atoms with E-state index in [0.717, 1.165) is 0 Å². The Morgan fingerprint density at radius 3 is 2.85 bits per heavy atom. The second-order valence-corrected chi connectivity index (χ2v) is 5.37. The van der Waals surface area contributed by atoms with Gasteiger partial charge in [-0.15, -0.1) is 11.8 Å². The van der Waals surface area contributed by atoms with Crippen LogP contribution in [-0.2, 0) is 9.59 Å². The van der Waals surface area contributed by atoms with Crippen LogP contribution in [0.2, 0.25) is 0 Å². The van der Waals surface area contributed by atoms with E-state index in [9.17, 15) is 19.5 Å². The van der Waals surface area contributed by atoms with Crippen LogP contribution in [0.4, 0.5) is 4.79 Å². The molecule has 2 atom stereocenters. The lowest BCUT2D eigenvalue weighted by Gasteiger charge is -2.47. The van der Waals surface area contributed by atoms with E-state index in [-0.39, 0.29) is 23.5 Å². The molecule has 20 heavy (non-hydrogen) atoms. The Balaban J connectivity index is 2.18. The van der Waals surface area contributed by atoms with Crippen molar-refractivity contribution in [1.29, 1.82) is 0 Å². The normalized spacial score (nSPS) is 25.4. The van der Waals surface area contributed by atoms with Crippen molar-refractivity contribution >= 4 is 29.7 Å². The van der Waals surface area contributed by atoms with Gasteiger partial charge in [-0.25, -0.2) is 9.59 Å². The van der Waals surface area contributed by atoms with Crippen LogP contribution in [0.5, 0.6) is 0 Å². The fourth-order valence-corrected chi connectivity index (χ4v) is 3.29. The molecule has 0 radical (unpaired) electrons. The summed E-state index contributed by atoms with van der Waals surface area (Å²) in [6.45, 7) is 0.188. The number of allylic oxidation sites excluding steroid dienone is 1. The molecule has 0 bridgehead atoms. The summed E-state index contributed by atoms with van der Waals surface area (Å²) in [5, 5.41) is 11.3. The lowest BCUT2D eigenvalue weighted by Crippen LogP contribution is -2.68. The summed E-state index contributed by atoms with van der Waals surface area (Å²) in [6.07, 6.45) is 3.15. The van der Waals surface area contributed by atoms with Crippen LogP contribution in [0.3, 0.4) is 0 Å². The van der Waals surface area contributed by atoms with Gasteiger partial charge in [0.1, 0.15) is 17.1 Å². The third kappa shape index (κ3) is 2.49. The first-order chi connectivity index (χ1) is 9.43. The number of hydrogen-bond donors (Lipinski definition) is 4. The number of rotatable bonds is 4. The van der Waals surface area contributed by atoms with Crippen molar-refractivity contribution < 1.29 is 19.5 Å². The number of urea groups is 1. The van der Waals surface area contributed by atoms with E-state index in [2.05, 4.69) is 5.32 Å². The Morgan fingerprint density at radius 2 is 2.25 bits per heavy atom. The van der Waals surface area contributed by atoms with E-state index in [1.807, 2.05) is 0 Å². The molecular weight excluding hydrogens is 284 g/mol. The predicted octanol–water partition coefficient (Wildman–Crippen LogP) is -1.21. The minimum Gasteiger partial charge on any atom is -0.477 e. The number of carboxylic acid groups (broad SMARTS) is 1. The first kappa shape index (κ1) is 14.4. The molecule has 0 aliphatic carbocycles. The number of amides is 3. The molecule has 108 valence electrons. The van der Waals surface area contributed by atoms with Crippen molar-refractivity contribution in [2.24, 2.45) is 11.5 Å². The fourth-order valence-electron chi connectivity index (χ4n) is 2.03. The molecule has 0 aromatic rings. The molecular formula is C11H14N4O4S. The molecule has 2 aliphatic heterocycles. The van der Waals surface area contributed by atoms with Crippen LogP contribution in [0, 0.1) is 0 Å². The van der Waals surface area contributed by atoms with Gasteiger partial charge in [0.05, 0.1) is 0 Å². The lowest BCUT2D eigenvalue weighted by molar-refractivity contribution is -0.147. The monoisotopic (exact) mass is 298 g/mol. The molecule has 3 amide bonds. The van der Waals surface area contributed by atoms with E-state index in [4.69, 9.17) is 11.5 Å². The number of aliphatic carboxylic acids is 1. The van der Waals surface area contributed by atoms with Crippen LogP contribution < -0.4 is 16.8 Å². The Morgan fingerprint density at radius 1 is 1.55 bits per heavy atom. The number of nitrogens with zero attached hydrogens (tertiary/aromatic N) is 1. The third-order valence-electron chi connectivity index (χ3n) is 2.95. The molecule has 2 heterocycles. The average molecular weight is 298 g/mol. The van der Waals surface area contributed by atoms with E-state index in [1.165, 1.54) is 16.7 Å². The van der Waals surface area contributed by atoms with Gasteiger partial charge in [-0.3, -0.25) is 9.69 Å². The van der Waals surface area contributed by atoms with E-state index in [1.54, 1.807) is 12.2 Å².